The van der Waals surface area contributed by atoms with Gasteiger partial charge in [-0.05, 0) is 24.3 Å². The second kappa shape index (κ2) is 6.81. The Hall–Kier alpha value is -3.04. The van der Waals surface area contributed by atoms with E-state index in [2.05, 4.69) is 15.3 Å². The van der Waals surface area contributed by atoms with Crippen molar-refractivity contribution in [2.75, 3.05) is 5.32 Å². The van der Waals surface area contributed by atoms with Crippen molar-refractivity contribution in [3.63, 3.8) is 0 Å². The third-order valence-electron chi connectivity index (χ3n) is 3.09. The second-order valence-electron chi connectivity index (χ2n) is 4.74. The third-order valence-corrected chi connectivity index (χ3v) is 3.99. The van der Waals surface area contributed by atoms with Crippen LogP contribution >= 0.6 is 11.3 Å². The van der Waals surface area contributed by atoms with E-state index < -0.39 is 0 Å². The normalized spacial score (nSPS) is 10.0. The predicted molar refractivity (Wildman–Crippen MR) is 89.6 cm³/mol. The molecule has 23 heavy (non-hydrogen) atoms. The van der Waals surface area contributed by atoms with Crippen LogP contribution in [0.1, 0.15) is 6.42 Å². The third kappa shape index (κ3) is 3.59. The number of pyridine rings is 1. The summed E-state index contributed by atoms with van der Waals surface area (Å²) in [5.41, 5.74) is 3.37. The minimum Gasteiger partial charge on any atom is -0.325 e. The molecule has 0 saturated heterocycles. The van der Waals surface area contributed by atoms with Crippen molar-refractivity contribution >= 4 is 22.9 Å². The molecule has 0 fully saturated rings. The van der Waals surface area contributed by atoms with Crippen molar-refractivity contribution in [3.05, 3.63) is 54.2 Å². The van der Waals surface area contributed by atoms with Crippen LogP contribution in [-0.2, 0) is 4.79 Å². The second-order valence-corrected chi connectivity index (χ2v) is 5.60. The van der Waals surface area contributed by atoms with Gasteiger partial charge in [0.15, 0.2) is 0 Å². The highest BCUT2D eigenvalue weighted by molar-refractivity contribution is 7.13. The molecule has 0 aliphatic carbocycles. The largest absolute Gasteiger partial charge is 0.325 e. The topological polar surface area (TPSA) is 78.7 Å². The molecule has 0 atom stereocenters. The molecule has 0 radical (unpaired) electrons. The van der Waals surface area contributed by atoms with Gasteiger partial charge in [-0.15, -0.1) is 11.3 Å². The first-order valence-corrected chi connectivity index (χ1v) is 7.77. The highest BCUT2D eigenvalue weighted by atomic mass is 32.1. The number of nitrogens with one attached hydrogen (secondary N) is 1. The van der Waals surface area contributed by atoms with Crippen LogP contribution < -0.4 is 5.32 Å². The summed E-state index contributed by atoms with van der Waals surface area (Å²) in [6.07, 6.45) is 3.35. The number of nitriles is 1. The van der Waals surface area contributed by atoms with Gasteiger partial charge >= 0.3 is 0 Å². The van der Waals surface area contributed by atoms with Crippen LogP contribution in [0.15, 0.2) is 54.2 Å². The lowest BCUT2D eigenvalue weighted by molar-refractivity contribution is -0.115. The summed E-state index contributed by atoms with van der Waals surface area (Å²) in [5, 5.41) is 14.1. The van der Waals surface area contributed by atoms with Crippen LogP contribution in [0.4, 0.5) is 5.69 Å². The molecule has 0 unspecified atom stereocenters. The molecule has 0 aliphatic heterocycles. The van der Waals surface area contributed by atoms with Crippen molar-refractivity contribution in [2.45, 2.75) is 6.42 Å². The molecule has 3 aromatic rings. The quantitative estimate of drug-likeness (QED) is 0.794. The molecule has 0 aliphatic rings. The van der Waals surface area contributed by atoms with Crippen molar-refractivity contribution in [3.8, 4) is 27.9 Å². The summed E-state index contributed by atoms with van der Waals surface area (Å²) in [7, 11) is 0. The smallest absolute Gasteiger partial charge is 0.238 e. The van der Waals surface area contributed by atoms with Gasteiger partial charge in [-0.25, -0.2) is 4.98 Å². The molecular weight excluding hydrogens is 308 g/mol. The number of hydrogen-bond acceptors (Lipinski definition) is 5. The average Bonchev–Trinajstić information content (AvgIpc) is 3.06. The van der Waals surface area contributed by atoms with Gasteiger partial charge in [0.1, 0.15) is 11.4 Å². The maximum atomic E-state index is 11.5. The highest BCUT2D eigenvalue weighted by Gasteiger charge is 2.08. The number of amides is 1. The molecule has 2 heterocycles. The fraction of sp³-hybridized carbons (Fsp3) is 0.0588. The molecule has 1 N–H and O–H groups in total. The van der Waals surface area contributed by atoms with Gasteiger partial charge in [0.2, 0.25) is 5.91 Å². The number of rotatable bonds is 4. The summed E-state index contributed by atoms with van der Waals surface area (Å²) in [6.45, 7) is 0. The molecule has 0 saturated carbocycles. The van der Waals surface area contributed by atoms with Crippen LogP contribution in [0.3, 0.4) is 0 Å². The summed E-state index contributed by atoms with van der Waals surface area (Å²) < 4.78 is 0. The lowest BCUT2D eigenvalue weighted by Crippen LogP contribution is -2.09. The zero-order valence-corrected chi connectivity index (χ0v) is 12.9. The van der Waals surface area contributed by atoms with E-state index in [9.17, 15) is 4.79 Å². The van der Waals surface area contributed by atoms with Crippen LogP contribution in [0.25, 0.3) is 21.8 Å². The van der Waals surface area contributed by atoms with Gasteiger partial charge in [-0.2, -0.15) is 5.26 Å². The maximum absolute atomic E-state index is 11.5. The maximum Gasteiger partial charge on any atom is 0.238 e. The molecule has 2 aromatic heterocycles. The number of carbonyl (C=O) groups is 1. The molecular formula is C17H12N4OS. The Balaban J connectivity index is 1.84. The van der Waals surface area contributed by atoms with Crippen molar-refractivity contribution < 1.29 is 4.79 Å². The van der Waals surface area contributed by atoms with Crippen LogP contribution in [0, 0.1) is 11.3 Å². The average molecular weight is 320 g/mol. The minimum absolute atomic E-state index is 0.161. The number of hydrogen-bond donors (Lipinski definition) is 1. The molecule has 1 amide bonds. The first kappa shape index (κ1) is 14.9. The molecule has 0 spiro atoms. The van der Waals surface area contributed by atoms with Crippen molar-refractivity contribution in [1.82, 2.24) is 9.97 Å². The SMILES string of the molecule is N#CCC(=O)Nc1cccc(-c2csc(-c3cccnc3)n2)c1. The highest BCUT2D eigenvalue weighted by Crippen LogP contribution is 2.29. The Morgan fingerprint density at radius 2 is 2.13 bits per heavy atom. The zero-order valence-electron chi connectivity index (χ0n) is 12.1. The predicted octanol–water partition coefficient (Wildman–Crippen LogP) is 3.72. The van der Waals surface area contributed by atoms with E-state index in [0.717, 1.165) is 21.8 Å². The molecule has 0 bridgehead atoms. The van der Waals surface area contributed by atoms with Gasteiger partial charge in [0.05, 0.1) is 11.8 Å². The van der Waals surface area contributed by atoms with E-state index in [1.54, 1.807) is 29.8 Å². The standard InChI is InChI=1S/C17H12N4OS/c18-7-6-16(22)20-14-5-1-3-12(9-14)15-11-23-17(21-15)13-4-2-8-19-10-13/h1-5,8-11H,6H2,(H,20,22). The first-order valence-electron chi connectivity index (χ1n) is 6.89. The van der Waals surface area contributed by atoms with E-state index in [1.807, 2.05) is 41.8 Å². The fourth-order valence-electron chi connectivity index (χ4n) is 2.06. The zero-order chi connectivity index (χ0) is 16.1. The van der Waals surface area contributed by atoms with Gasteiger partial charge < -0.3 is 5.32 Å². The lowest BCUT2D eigenvalue weighted by Gasteiger charge is -2.04. The summed E-state index contributed by atoms with van der Waals surface area (Å²) in [6, 6.07) is 13.1. The molecule has 1 aromatic carbocycles. The minimum atomic E-state index is -0.320. The van der Waals surface area contributed by atoms with E-state index in [4.69, 9.17) is 5.26 Å². The van der Waals surface area contributed by atoms with Crippen LogP contribution in [-0.4, -0.2) is 15.9 Å². The van der Waals surface area contributed by atoms with Gasteiger partial charge in [-0.3, -0.25) is 9.78 Å². The van der Waals surface area contributed by atoms with E-state index >= 15 is 0 Å². The summed E-state index contributed by atoms with van der Waals surface area (Å²) in [5.74, 6) is -0.320. The Morgan fingerprint density at radius 3 is 2.91 bits per heavy atom. The Morgan fingerprint density at radius 1 is 1.26 bits per heavy atom. The first-order chi connectivity index (χ1) is 11.3. The van der Waals surface area contributed by atoms with E-state index in [-0.39, 0.29) is 12.3 Å². The number of nitrogens with zero attached hydrogens (tertiary/aromatic N) is 3. The molecule has 5 nitrogen and oxygen atoms in total. The number of benzene rings is 1. The van der Waals surface area contributed by atoms with Gasteiger partial charge in [0, 0.05) is 34.6 Å². The summed E-state index contributed by atoms with van der Waals surface area (Å²) in [4.78, 5) is 20.2. The number of anilines is 1. The lowest BCUT2D eigenvalue weighted by atomic mass is 10.1. The Kier molecular flexibility index (Phi) is 4.41. The molecule has 3 rings (SSSR count). The Bertz CT molecular complexity index is 868. The van der Waals surface area contributed by atoms with Gasteiger partial charge in [0.25, 0.3) is 0 Å². The molecule has 112 valence electrons. The fourth-order valence-corrected chi connectivity index (χ4v) is 2.88. The number of thiazole rings is 1. The van der Waals surface area contributed by atoms with Gasteiger partial charge in [-0.1, -0.05) is 12.1 Å². The van der Waals surface area contributed by atoms with E-state index in [1.165, 1.54) is 0 Å². The van der Waals surface area contributed by atoms with Crippen LogP contribution in [0.2, 0.25) is 0 Å². The number of carbonyl (C=O) groups excluding carboxylic acids is 1. The summed E-state index contributed by atoms with van der Waals surface area (Å²) >= 11 is 1.54. The van der Waals surface area contributed by atoms with Crippen molar-refractivity contribution in [1.29, 1.82) is 5.26 Å². The van der Waals surface area contributed by atoms with E-state index in [0.29, 0.717) is 5.69 Å². The monoisotopic (exact) mass is 320 g/mol. The van der Waals surface area contributed by atoms with Crippen LogP contribution in [0.5, 0.6) is 0 Å². The molecule has 6 heteroatoms. The Labute approximate surface area is 137 Å². The number of aromatic nitrogens is 2. The van der Waals surface area contributed by atoms with Crippen molar-refractivity contribution in [2.24, 2.45) is 0 Å².